The summed E-state index contributed by atoms with van der Waals surface area (Å²) in [5, 5.41) is 3.24. The van der Waals surface area contributed by atoms with Gasteiger partial charge in [0.25, 0.3) is 5.56 Å². The van der Waals surface area contributed by atoms with Crippen molar-refractivity contribution in [1.82, 2.24) is 9.97 Å². The Morgan fingerprint density at radius 2 is 2.00 bits per heavy atom. The molecule has 148 valence electrons. The second-order valence-corrected chi connectivity index (χ2v) is 8.42. The van der Waals surface area contributed by atoms with Gasteiger partial charge in [0, 0.05) is 18.1 Å². The molecule has 4 rings (SSSR count). The van der Waals surface area contributed by atoms with E-state index in [4.69, 9.17) is 4.74 Å². The molecule has 2 aromatic carbocycles. The predicted molar refractivity (Wildman–Crippen MR) is 117 cm³/mol. The first kappa shape index (κ1) is 19.7. The molecule has 0 spiro atoms. The van der Waals surface area contributed by atoms with Crippen molar-refractivity contribution >= 4 is 39.4 Å². The molecule has 0 saturated heterocycles. The summed E-state index contributed by atoms with van der Waals surface area (Å²) in [6, 6.07) is 15.5. The Hall–Kier alpha value is -2.58. The highest BCUT2D eigenvalue weighted by Gasteiger charge is 2.31. The molecular formula is C21H18BrN3O3S. The molecule has 0 saturated carbocycles. The second kappa shape index (κ2) is 8.42. The Morgan fingerprint density at radius 3 is 2.72 bits per heavy atom. The summed E-state index contributed by atoms with van der Waals surface area (Å²) in [5.41, 5.74) is 2.22. The monoisotopic (exact) mass is 471 g/mol. The van der Waals surface area contributed by atoms with E-state index in [1.54, 1.807) is 7.11 Å². The third-order valence-electron chi connectivity index (χ3n) is 4.73. The van der Waals surface area contributed by atoms with Gasteiger partial charge in [-0.1, -0.05) is 48.2 Å². The van der Waals surface area contributed by atoms with Gasteiger partial charge in [-0.3, -0.25) is 9.59 Å². The van der Waals surface area contributed by atoms with E-state index in [2.05, 4.69) is 31.2 Å². The van der Waals surface area contributed by atoms with Gasteiger partial charge in [-0.25, -0.2) is 4.98 Å². The van der Waals surface area contributed by atoms with Crippen LogP contribution in [0.2, 0.25) is 0 Å². The highest BCUT2D eigenvalue weighted by atomic mass is 79.9. The van der Waals surface area contributed by atoms with E-state index in [9.17, 15) is 9.59 Å². The first-order valence-corrected chi connectivity index (χ1v) is 10.8. The van der Waals surface area contributed by atoms with E-state index in [0.29, 0.717) is 28.0 Å². The number of nitrogens with zero attached hydrogens (tertiary/aromatic N) is 1. The highest BCUT2D eigenvalue weighted by molar-refractivity contribution is 9.10. The SMILES string of the molecule is COc1ccc(C2CC(=O)Nc3nc(SCc4ccccc4)[nH]c(=O)c32)cc1Br. The molecule has 1 aliphatic heterocycles. The zero-order chi connectivity index (χ0) is 20.4. The van der Waals surface area contributed by atoms with Crippen LogP contribution in [0.15, 0.2) is 63.0 Å². The maximum Gasteiger partial charge on any atom is 0.257 e. The number of anilines is 1. The minimum Gasteiger partial charge on any atom is -0.496 e. The number of benzene rings is 2. The number of H-pyrrole nitrogens is 1. The van der Waals surface area contributed by atoms with Crippen molar-refractivity contribution < 1.29 is 9.53 Å². The van der Waals surface area contributed by atoms with Crippen LogP contribution >= 0.6 is 27.7 Å². The fourth-order valence-corrected chi connectivity index (χ4v) is 4.70. The van der Waals surface area contributed by atoms with E-state index < -0.39 is 0 Å². The normalized spacial score (nSPS) is 15.5. The van der Waals surface area contributed by atoms with Crippen LogP contribution in [0.3, 0.4) is 0 Å². The van der Waals surface area contributed by atoms with Gasteiger partial charge in [0.2, 0.25) is 5.91 Å². The largest absolute Gasteiger partial charge is 0.496 e. The number of hydrogen-bond donors (Lipinski definition) is 2. The van der Waals surface area contributed by atoms with Crippen molar-refractivity contribution in [1.29, 1.82) is 0 Å². The van der Waals surface area contributed by atoms with E-state index in [-0.39, 0.29) is 23.8 Å². The summed E-state index contributed by atoms with van der Waals surface area (Å²) >= 11 is 4.90. The number of carbonyl (C=O) groups is 1. The lowest BCUT2D eigenvalue weighted by Crippen LogP contribution is -2.31. The van der Waals surface area contributed by atoms with Gasteiger partial charge in [-0.2, -0.15) is 0 Å². The lowest BCUT2D eigenvalue weighted by molar-refractivity contribution is -0.116. The number of aromatic amines is 1. The third kappa shape index (κ3) is 4.23. The Morgan fingerprint density at radius 1 is 1.21 bits per heavy atom. The molecular weight excluding hydrogens is 454 g/mol. The molecule has 0 bridgehead atoms. The van der Waals surface area contributed by atoms with Gasteiger partial charge >= 0.3 is 0 Å². The Kier molecular flexibility index (Phi) is 5.73. The lowest BCUT2D eigenvalue weighted by atomic mass is 9.87. The van der Waals surface area contributed by atoms with Gasteiger partial charge in [0.1, 0.15) is 11.6 Å². The van der Waals surface area contributed by atoms with Crippen molar-refractivity contribution in [2.24, 2.45) is 0 Å². The molecule has 1 unspecified atom stereocenters. The van der Waals surface area contributed by atoms with Crippen LogP contribution in [0, 0.1) is 0 Å². The number of rotatable bonds is 5. The summed E-state index contributed by atoms with van der Waals surface area (Å²) in [6.45, 7) is 0. The van der Waals surface area contributed by atoms with Gasteiger partial charge in [0.15, 0.2) is 5.16 Å². The van der Waals surface area contributed by atoms with Crippen molar-refractivity contribution in [3.8, 4) is 5.75 Å². The summed E-state index contributed by atoms with van der Waals surface area (Å²) in [5.74, 6) is 1.16. The molecule has 1 aromatic heterocycles. The molecule has 6 nitrogen and oxygen atoms in total. The molecule has 8 heteroatoms. The van der Waals surface area contributed by atoms with Crippen LogP contribution in [0.25, 0.3) is 0 Å². The number of hydrogen-bond acceptors (Lipinski definition) is 5. The summed E-state index contributed by atoms with van der Waals surface area (Å²) < 4.78 is 6.04. The first-order chi connectivity index (χ1) is 14.0. The Labute approximate surface area is 180 Å². The van der Waals surface area contributed by atoms with Gasteiger partial charge in [-0.05, 0) is 39.2 Å². The number of carbonyl (C=O) groups excluding carboxylic acids is 1. The second-order valence-electron chi connectivity index (χ2n) is 6.61. The van der Waals surface area contributed by atoms with Crippen LogP contribution in [0.5, 0.6) is 5.75 Å². The maximum absolute atomic E-state index is 12.9. The topological polar surface area (TPSA) is 84.1 Å². The summed E-state index contributed by atoms with van der Waals surface area (Å²) in [6.07, 6.45) is 0.188. The molecule has 2 heterocycles. The zero-order valence-electron chi connectivity index (χ0n) is 15.6. The van der Waals surface area contributed by atoms with Crippen molar-refractivity contribution in [3.63, 3.8) is 0 Å². The average Bonchev–Trinajstić information content (AvgIpc) is 2.72. The van der Waals surface area contributed by atoms with Crippen molar-refractivity contribution in [3.05, 3.63) is 80.0 Å². The van der Waals surface area contributed by atoms with E-state index in [1.165, 1.54) is 11.8 Å². The van der Waals surface area contributed by atoms with Crippen molar-refractivity contribution in [2.45, 2.75) is 23.2 Å². The minimum atomic E-state index is -0.370. The summed E-state index contributed by atoms with van der Waals surface area (Å²) in [7, 11) is 1.59. The molecule has 1 atom stereocenters. The molecule has 0 aliphatic carbocycles. The number of halogens is 1. The summed E-state index contributed by atoms with van der Waals surface area (Å²) in [4.78, 5) is 32.6. The predicted octanol–water partition coefficient (Wildman–Crippen LogP) is 4.31. The van der Waals surface area contributed by atoms with E-state index in [1.807, 2.05) is 48.5 Å². The van der Waals surface area contributed by atoms with Crippen LogP contribution < -0.4 is 15.6 Å². The lowest BCUT2D eigenvalue weighted by Gasteiger charge is -2.25. The average molecular weight is 472 g/mol. The molecule has 3 aromatic rings. The Bertz CT molecular complexity index is 1120. The number of aromatic nitrogens is 2. The van der Waals surface area contributed by atoms with Crippen LogP contribution in [0.4, 0.5) is 5.82 Å². The Balaban J connectivity index is 1.67. The molecule has 29 heavy (non-hydrogen) atoms. The van der Waals surface area contributed by atoms with Crippen LogP contribution in [-0.4, -0.2) is 23.0 Å². The quantitative estimate of drug-likeness (QED) is 0.427. The number of thioether (sulfide) groups is 1. The standard InChI is InChI=1S/C21H18BrN3O3S/c1-28-16-8-7-13(9-15(16)22)14-10-17(26)23-19-18(14)20(27)25-21(24-19)29-11-12-5-3-2-4-6-12/h2-9,14H,10-11H2,1H3,(H2,23,24,25,26,27). The fraction of sp³-hybridized carbons (Fsp3) is 0.190. The van der Waals surface area contributed by atoms with E-state index in [0.717, 1.165) is 15.6 Å². The molecule has 1 amide bonds. The third-order valence-corrected chi connectivity index (χ3v) is 6.29. The highest BCUT2D eigenvalue weighted by Crippen LogP contribution is 2.37. The fourth-order valence-electron chi connectivity index (χ4n) is 3.33. The molecule has 2 N–H and O–H groups in total. The molecule has 0 fully saturated rings. The number of nitrogens with one attached hydrogen (secondary N) is 2. The van der Waals surface area contributed by atoms with Crippen molar-refractivity contribution in [2.75, 3.05) is 12.4 Å². The van der Waals surface area contributed by atoms with Gasteiger partial charge in [0.05, 0.1) is 17.1 Å². The maximum atomic E-state index is 12.9. The van der Waals surface area contributed by atoms with Gasteiger partial charge in [-0.15, -0.1) is 0 Å². The van der Waals surface area contributed by atoms with Gasteiger partial charge < -0.3 is 15.0 Å². The number of methoxy groups -OCH3 is 1. The minimum absolute atomic E-state index is 0.161. The number of amides is 1. The number of fused-ring (bicyclic) bond motifs is 1. The number of ether oxygens (including phenoxy) is 1. The molecule has 0 radical (unpaired) electrons. The van der Waals surface area contributed by atoms with Crippen LogP contribution in [-0.2, 0) is 10.5 Å². The smallest absolute Gasteiger partial charge is 0.257 e. The van der Waals surface area contributed by atoms with E-state index >= 15 is 0 Å². The molecule has 1 aliphatic rings. The zero-order valence-corrected chi connectivity index (χ0v) is 18.0. The first-order valence-electron chi connectivity index (χ1n) is 8.99. The van der Waals surface area contributed by atoms with Crippen LogP contribution in [0.1, 0.15) is 29.0 Å².